The van der Waals surface area contributed by atoms with E-state index in [1.54, 1.807) is 0 Å². The highest BCUT2D eigenvalue weighted by Crippen LogP contribution is 2.30. The van der Waals surface area contributed by atoms with Crippen molar-refractivity contribution >= 4 is 5.91 Å². The van der Waals surface area contributed by atoms with Crippen molar-refractivity contribution in [2.24, 2.45) is 11.3 Å². The first-order valence-corrected chi connectivity index (χ1v) is 6.08. The van der Waals surface area contributed by atoms with Gasteiger partial charge in [-0.15, -0.1) is 0 Å². The Morgan fingerprint density at radius 3 is 2.80 bits per heavy atom. The van der Waals surface area contributed by atoms with Gasteiger partial charge < -0.3 is 10.2 Å². The van der Waals surface area contributed by atoms with Crippen molar-refractivity contribution in [3.05, 3.63) is 0 Å². The second-order valence-electron chi connectivity index (χ2n) is 5.72. The summed E-state index contributed by atoms with van der Waals surface area (Å²) in [6.45, 7) is 8.37. The molecule has 1 N–H and O–H groups in total. The van der Waals surface area contributed by atoms with Crippen LogP contribution in [0.4, 0.5) is 0 Å². The Bertz CT molecular complexity index is 244. The van der Waals surface area contributed by atoms with Crippen molar-refractivity contribution in [2.45, 2.75) is 33.1 Å². The molecule has 2 rings (SSSR count). The quantitative estimate of drug-likeness (QED) is 0.706. The molecule has 3 nitrogen and oxygen atoms in total. The molecular formula is C12H22N2O. The van der Waals surface area contributed by atoms with Gasteiger partial charge in [0.25, 0.3) is 0 Å². The number of likely N-dealkylation sites (tertiary alicyclic amines) is 1. The normalized spacial score (nSPS) is 30.5. The summed E-state index contributed by atoms with van der Waals surface area (Å²) in [6.07, 6.45) is 3.37. The topological polar surface area (TPSA) is 32.3 Å². The molecular weight excluding hydrogens is 188 g/mol. The summed E-state index contributed by atoms with van der Waals surface area (Å²) in [7, 11) is 0. The molecule has 2 aliphatic heterocycles. The third-order valence-corrected chi connectivity index (χ3v) is 3.64. The second kappa shape index (κ2) is 4.12. The van der Waals surface area contributed by atoms with E-state index in [4.69, 9.17) is 0 Å². The molecule has 2 saturated heterocycles. The summed E-state index contributed by atoms with van der Waals surface area (Å²) in [5.41, 5.74) is 0.331. The lowest BCUT2D eigenvalue weighted by molar-refractivity contribution is -0.135. The first kappa shape index (κ1) is 10.9. The van der Waals surface area contributed by atoms with Gasteiger partial charge in [0.1, 0.15) is 0 Å². The summed E-state index contributed by atoms with van der Waals surface area (Å²) >= 11 is 0. The maximum atomic E-state index is 12.2. The number of amides is 1. The predicted molar refractivity (Wildman–Crippen MR) is 60.6 cm³/mol. The number of hydrogen-bond acceptors (Lipinski definition) is 2. The Labute approximate surface area is 92.2 Å². The highest BCUT2D eigenvalue weighted by molar-refractivity contribution is 5.79. The van der Waals surface area contributed by atoms with Gasteiger partial charge in [-0.3, -0.25) is 4.79 Å². The lowest BCUT2D eigenvalue weighted by atomic mass is 9.93. The molecule has 0 aromatic carbocycles. The lowest BCUT2D eigenvalue weighted by Crippen LogP contribution is -2.42. The van der Waals surface area contributed by atoms with Crippen molar-refractivity contribution < 1.29 is 4.79 Å². The van der Waals surface area contributed by atoms with Crippen LogP contribution in [0.2, 0.25) is 0 Å². The van der Waals surface area contributed by atoms with Crippen LogP contribution < -0.4 is 5.32 Å². The molecule has 1 amide bonds. The van der Waals surface area contributed by atoms with Gasteiger partial charge in [0, 0.05) is 19.6 Å². The molecule has 2 heterocycles. The maximum absolute atomic E-state index is 12.2. The van der Waals surface area contributed by atoms with Crippen molar-refractivity contribution in [1.29, 1.82) is 0 Å². The maximum Gasteiger partial charge on any atom is 0.226 e. The number of hydrogen-bond donors (Lipinski definition) is 1. The predicted octanol–water partition coefficient (Wildman–Crippen LogP) is 1.24. The smallest absolute Gasteiger partial charge is 0.226 e. The Kier molecular flexibility index (Phi) is 3.01. The third kappa shape index (κ3) is 2.51. The zero-order valence-electron chi connectivity index (χ0n) is 9.88. The third-order valence-electron chi connectivity index (χ3n) is 3.64. The molecule has 0 radical (unpaired) electrons. The SMILES string of the molecule is CC1(C)CCN(C(=O)[C@@H]2CCCNC2)C1. The molecule has 86 valence electrons. The largest absolute Gasteiger partial charge is 0.342 e. The van der Waals surface area contributed by atoms with Gasteiger partial charge in [-0.05, 0) is 31.2 Å². The molecule has 0 unspecified atom stereocenters. The van der Waals surface area contributed by atoms with E-state index in [2.05, 4.69) is 24.1 Å². The van der Waals surface area contributed by atoms with Gasteiger partial charge in [0.15, 0.2) is 0 Å². The summed E-state index contributed by atoms with van der Waals surface area (Å²) in [6, 6.07) is 0. The second-order valence-corrected chi connectivity index (χ2v) is 5.72. The molecule has 2 fully saturated rings. The average molecular weight is 210 g/mol. The number of carbonyl (C=O) groups excluding carboxylic acids is 1. The van der Waals surface area contributed by atoms with Gasteiger partial charge >= 0.3 is 0 Å². The molecule has 3 heteroatoms. The van der Waals surface area contributed by atoms with Crippen molar-refractivity contribution in [3.63, 3.8) is 0 Å². The van der Waals surface area contributed by atoms with Crippen LogP contribution in [0, 0.1) is 11.3 Å². The van der Waals surface area contributed by atoms with Gasteiger partial charge in [-0.25, -0.2) is 0 Å². The minimum atomic E-state index is 0.243. The minimum Gasteiger partial charge on any atom is -0.342 e. The van der Waals surface area contributed by atoms with E-state index in [1.807, 2.05) is 0 Å². The highest BCUT2D eigenvalue weighted by atomic mass is 16.2. The van der Waals surface area contributed by atoms with Crippen molar-refractivity contribution in [2.75, 3.05) is 26.2 Å². The van der Waals surface area contributed by atoms with Crippen LogP contribution in [0.3, 0.4) is 0 Å². The van der Waals surface area contributed by atoms with E-state index in [0.29, 0.717) is 11.3 Å². The molecule has 0 aromatic heterocycles. The van der Waals surface area contributed by atoms with Gasteiger partial charge in [-0.1, -0.05) is 13.8 Å². The Hall–Kier alpha value is -0.570. The van der Waals surface area contributed by atoms with E-state index in [-0.39, 0.29) is 5.92 Å². The number of carbonyl (C=O) groups is 1. The Morgan fingerprint density at radius 1 is 1.47 bits per heavy atom. The average Bonchev–Trinajstić information content (AvgIpc) is 2.59. The van der Waals surface area contributed by atoms with Crippen LogP contribution in [0.25, 0.3) is 0 Å². The molecule has 1 atom stereocenters. The van der Waals surface area contributed by atoms with Crippen molar-refractivity contribution in [3.8, 4) is 0 Å². The van der Waals surface area contributed by atoms with Gasteiger partial charge in [0.05, 0.1) is 5.92 Å². The van der Waals surface area contributed by atoms with Crippen LogP contribution >= 0.6 is 0 Å². The molecule has 0 aliphatic carbocycles. The molecule has 2 aliphatic rings. The van der Waals surface area contributed by atoms with E-state index in [1.165, 1.54) is 0 Å². The number of nitrogens with zero attached hydrogens (tertiary/aromatic N) is 1. The monoisotopic (exact) mass is 210 g/mol. The van der Waals surface area contributed by atoms with E-state index < -0.39 is 0 Å². The first-order chi connectivity index (χ1) is 7.08. The van der Waals surface area contributed by atoms with E-state index in [9.17, 15) is 4.79 Å². The fourth-order valence-corrected chi connectivity index (χ4v) is 2.62. The summed E-state index contributed by atoms with van der Waals surface area (Å²) in [5.74, 6) is 0.625. The standard InChI is InChI=1S/C12H22N2O/c1-12(2)5-7-14(9-12)11(15)10-4-3-6-13-8-10/h10,13H,3-9H2,1-2H3/t10-/m1/s1. The zero-order valence-corrected chi connectivity index (χ0v) is 9.88. The van der Waals surface area contributed by atoms with Crippen LogP contribution in [0.5, 0.6) is 0 Å². The number of nitrogens with one attached hydrogen (secondary N) is 1. The Morgan fingerprint density at radius 2 is 2.27 bits per heavy atom. The van der Waals surface area contributed by atoms with Crippen LogP contribution in [0.1, 0.15) is 33.1 Å². The molecule has 0 aromatic rings. The van der Waals surface area contributed by atoms with Crippen LogP contribution in [-0.4, -0.2) is 37.0 Å². The Balaban J connectivity index is 1.90. The van der Waals surface area contributed by atoms with E-state index >= 15 is 0 Å². The fourth-order valence-electron chi connectivity index (χ4n) is 2.62. The van der Waals surface area contributed by atoms with Crippen LogP contribution in [-0.2, 0) is 4.79 Å². The molecule has 0 saturated carbocycles. The zero-order chi connectivity index (χ0) is 10.9. The molecule has 15 heavy (non-hydrogen) atoms. The molecule has 0 bridgehead atoms. The summed E-state index contributed by atoms with van der Waals surface area (Å²) < 4.78 is 0. The van der Waals surface area contributed by atoms with Gasteiger partial charge in [0.2, 0.25) is 5.91 Å². The minimum absolute atomic E-state index is 0.243. The van der Waals surface area contributed by atoms with Crippen LogP contribution in [0.15, 0.2) is 0 Å². The lowest BCUT2D eigenvalue weighted by Gasteiger charge is -2.27. The van der Waals surface area contributed by atoms with Gasteiger partial charge in [-0.2, -0.15) is 0 Å². The number of piperidine rings is 1. The number of rotatable bonds is 1. The van der Waals surface area contributed by atoms with Crippen molar-refractivity contribution in [1.82, 2.24) is 10.2 Å². The fraction of sp³-hybridized carbons (Fsp3) is 0.917. The summed E-state index contributed by atoms with van der Waals surface area (Å²) in [4.78, 5) is 14.2. The first-order valence-electron chi connectivity index (χ1n) is 6.08. The molecule has 0 spiro atoms. The summed E-state index contributed by atoms with van der Waals surface area (Å²) in [5, 5.41) is 3.31. The highest BCUT2D eigenvalue weighted by Gasteiger charge is 2.35. The van der Waals surface area contributed by atoms with E-state index in [0.717, 1.165) is 45.4 Å².